The summed E-state index contributed by atoms with van der Waals surface area (Å²) in [5.74, 6) is -0.266. The van der Waals surface area contributed by atoms with E-state index in [1.54, 1.807) is 23.5 Å². The lowest BCUT2D eigenvalue weighted by molar-refractivity contribution is 0.243. The van der Waals surface area contributed by atoms with Crippen LogP contribution >= 0.6 is 38.9 Å². The number of nitrogens with two attached hydrogens (primary N) is 1. The molecule has 1 aromatic heterocycles. The van der Waals surface area contributed by atoms with Gasteiger partial charge in [-0.2, -0.15) is 0 Å². The zero-order chi connectivity index (χ0) is 14.7. The minimum Gasteiger partial charge on any atom is -0.329 e. The first-order chi connectivity index (χ1) is 9.51. The van der Waals surface area contributed by atoms with Gasteiger partial charge in [0.05, 0.1) is 8.81 Å². The molecule has 0 amide bonds. The van der Waals surface area contributed by atoms with Crippen LogP contribution in [0.2, 0.25) is 4.34 Å². The maximum Gasteiger partial charge on any atom is 0.137 e. The van der Waals surface area contributed by atoms with Gasteiger partial charge in [0, 0.05) is 24.0 Å². The van der Waals surface area contributed by atoms with Crippen molar-refractivity contribution in [2.45, 2.75) is 12.6 Å². The monoisotopic (exact) mass is 376 g/mol. The Hall–Kier alpha value is -0.460. The largest absolute Gasteiger partial charge is 0.329 e. The summed E-state index contributed by atoms with van der Waals surface area (Å²) >= 11 is 10.7. The van der Waals surface area contributed by atoms with Crippen LogP contribution in [0.15, 0.2) is 34.8 Å². The number of thiophene rings is 1. The molecule has 6 heteroatoms. The minimum absolute atomic E-state index is 0.0350. The molecule has 108 valence electrons. The molecule has 0 aliphatic carbocycles. The number of hydrogen-bond donors (Lipinski definition) is 1. The van der Waals surface area contributed by atoms with Crippen molar-refractivity contribution in [2.75, 3.05) is 13.6 Å². The van der Waals surface area contributed by atoms with Gasteiger partial charge < -0.3 is 5.73 Å². The molecule has 1 heterocycles. The summed E-state index contributed by atoms with van der Waals surface area (Å²) in [6, 6.07) is 8.95. The highest BCUT2D eigenvalue weighted by Gasteiger charge is 2.17. The van der Waals surface area contributed by atoms with Crippen molar-refractivity contribution < 1.29 is 4.39 Å². The first-order valence-electron chi connectivity index (χ1n) is 6.10. The second-order valence-corrected chi connectivity index (χ2v) is 7.20. The lowest BCUT2D eigenvalue weighted by Gasteiger charge is -2.27. The molecule has 2 N–H and O–H groups in total. The first-order valence-corrected chi connectivity index (χ1v) is 8.09. The Balaban J connectivity index is 2.16. The summed E-state index contributed by atoms with van der Waals surface area (Å²) in [4.78, 5) is 3.32. The molecule has 0 aliphatic rings. The highest BCUT2D eigenvalue weighted by atomic mass is 79.9. The van der Waals surface area contributed by atoms with Crippen molar-refractivity contribution in [3.63, 3.8) is 0 Å². The van der Waals surface area contributed by atoms with E-state index in [0.717, 1.165) is 16.4 Å². The van der Waals surface area contributed by atoms with Crippen LogP contribution in [0.5, 0.6) is 0 Å². The van der Waals surface area contributed by atoms with Crippen molar-refractivity contribution in [3.8, 4) is 0 Å². The molecule has 1 aromatic carbocycles. The Morgan fingerprint density at radius 3 is 2.70 bits per heavy atom. The smallest absolute Gasteiger partial charge is 0.137 e. The average Bonchev–Trinajstić information content (AvgIpc) is 2.80. The van der Waals surface area contributed by atoms with Crippen LogP contribution in [-0.4, -0.2) is 18.5 Å². The van der Waals surface area contributed by atoms with Gasteiger partial charge in [0.2, 0.25) is 0 Å². The van der Waals surface area contributed by atoms with Crippen LogP contribution in [-0.2, 0) is 6.54 Å². The fraction of sp³-hybridized carbons (Fsp3) is 0.286. The van der Waals surface area contributed by atoms with E-state index in [4.69, 9.17) is 17.3 Å². The van der Waals surface area contributed by atoms with Gasteiger partial charge in [-0.1, -0.05) is 17.7 Å². The standard InChI is InChI=1S/C14H15BrClFN2S/c1-19(8-10-3-5-14(16)20-10)13(7-18)9-2-4-12(17)11(15)6-9/h2-6,13H,7-8,18H2,1H3. The van der Waals surface area contributed by atoms with Crippen molar-refractivity contribution in [1.29, 1.82) is 0 Å². The fourth-order valence-electron chi connectivity index (χ4n) is 2.08. The third-order valence-corrected chi connectivity index (χ3v) is 4.94. The van der Waals surface area contributed by atoms with Gasteiger partial charge in [-0.15, -0.1) is 11.3 Å². The van der Waals surface area contributed by atoms with Crippen LogP contribution in [0, 0.1) is 5.82 Å². The van der Waals surface area contributed by atoms with Crippen molar-refractivity contribution >= 4 is 38.9 Å². The quantitative estimate of drug-likeness (QED) is 0.835. The van der Waals surface area contributed by atoms with E-state index >= 15 is 0 Å². The molecule has 1 unspecified atom stereocenters. The normalized spacial score (nSPS) is 12.9. The number of hydrogen-bond acceptors (Lipinski definition) is 3. The molecule has 0 radical (unpaired) electrons. The SMILES string of the molecule is CN(Cc1ccc(Cl)s1)C(CN)c1ccc(F)c(Br)c1. The molecule has 1 atom stereocenters. The maximum absolute atomic E-state index is 13.3. The van der Waals surface area contributed by atoms with Crippen LogP contribution in [0.4, 0.5) is 4.39 Å². The van der Waals surface area contributed by atoms with Gasteiger partial charge in [0.15, 0.2) is 0 Å². The molecule has 2 rings (SSSR count). The Morgan fingerprint density at radius 2 is 2.15 bits per heavy atom. The van der Waals surface area contributed by atoms with Crippen LogP contribution < -0.4 is 5.73 Å². The maximum atomic E-state index is 13.3. The molecular formula is C14H15BrClFN2S. The molecule has 20 heavy (non-hydrogen) atoms. The van der Waals surface area contributed by atoms with E-state index in [-0.39, 0.29) is 11.9 Å². The Labute approximate surface area is 135 Å². The van der Waals surface area contributed by atoms with E-state index in [1.807, 2.05) is 19.2 Å². The minimum atomic E-state index is -0.266. The Morgan fingerprint density at radius 1 is 1.40 bits per heavy atom. The number of nitrogens with zero attached hydrogens (tertiary/aromatic N) is 1. The van der Waals surface area contributed by atoms with Gasteiger partial charge >= 0.3 is 0 Å². The highest BCUT2D eigenvalue weighted by Crippen LogP contribution is 2.28. The third-order valence-electron chi connectivity index (χ3n) is 3.12. The highest BCUT2D eigenvalue weighted by molar-refractivity contribution is 9.10. The molecule has 0 bridgehead atoms. The second-order valence-electron chi connectivity index (χ2n) is 4.55. The molecule has 2 nitrogen and oxygen atoms in total. The van der Waals surface area contributed by atoms with E-state index in [9.17, 15) is 4.39 Å². The molecule has 0 saturated carbocycles. The van der Waals surface area contributed by atoms with E-state index in [2.05, 4.69) is 20.8 Å². The lowest BCUT2D eigenvalue weighted by Crippen LogP contribution is -2.30. The van der Waals surface area contributed by atoms with Crippen molar-refractivity contribution in [3.05, 3.63) is 55.4 Å². The molecule has 0 aliphatic heterocycles. The summed E-state index contributed by atoms with van der Waals surface area (Å²) in [6.07, 6.45) is 0. The molecule has 0 fully saturated rings. The molecule has 0 saturated heterocycles. The molecule has 2 aromatic rings. The van der Waals surface area contributed by atoms with Crippen LogP contribution in [0.3, 0.4) is 0 Å². The average molecular weight is 378 g/mol. The van der Waals surface area contributed by atoms with Crippen LogP contribution in [0.1, 0.15) is 16.5 Å². The van der Waals surface area contributed by atoms with Gasteiger partial charge in [0.25, 0.3) is 0 Å². The topological polar surface area (TPSA) is 29.3 Å². The summed E-state index contributed by atoms with van der Waals surface area (Å²) in [5, 5.41) is 0. The molecular weight excluding hydrogens is 363 g/mol. The number of benzene rings is 1. The third kappa shape index (κ3) is 3.80. The second kappa shape index (κ2) is 7.00. The first kappa shape index (κ1) is 15.9. The van der Waals surface area contributed by atoms with E-state index in [0.29, 0.717) is 11.0 Å². The predicted octanol–water partition coefficient (Wildman–Crippen LogP) is 4.43. The Bertz CT molecular complexity index is 590. The zero-order valence-electron chi connectivity index (χ0n) is 10.9. The summed E-state index contributed by atoms with van der Waals surface area (Å²) < 4.78 is 14.6. The van der Waals surface area contributed by atoms with E-state index in [1.165, 1.54) is 10.9 Å². The van der Waals surface area contributed by atoms with E-state index < -0.39 is 0 Å². The number of likely N-dealkylation sites (N-methyl/N-ethyl adjacent to an activating group) is 1. The Kier molecular flexibility index (Phi) is 5.57. The van der Waals surface area contributed by atoms with Gasteiger partial charge in [-0.05, 0) is 52.8 Å². The number of halogens is 3. The predicted molar refractivity (Wildman–Crippen MR) is 86.7 cm³/mol. The van der Waals surface area contributed by atoms with Crippen LogP contribution in [0.25, 0.3) is 0 Å². The lowest BCUT2D eigenvalue weighted by atomic mass is 10.1. The summed E-state index contributed by atoms with van der Waals surface area (Å²) in [5.41, 5.74) is 6.87. The summed E-state index contributed by atoms with van der Waals surface area (Å²) in [7, 11) is 2.00. The molecule has 0 spiro atoms. The van der Waals surface area contributed by atoms with Gasteiger partial charge in [0.1, 0.15) is 5.82 Å². The summed E-state index contributed by atoms with van der Waals surface area (Å²) in [6.45, 7) is 1.22. The van der Waals surface area contributed by atoms with Crippen molar-refractivity contribution in [1.82, 2.24) is 4.90 Å². The fourth-order valence-corrected chi connectivity index (χ4v) is 3.63. The zero-order valence-corrected chi connectivity index (χ0v) is 14.1. The van der Waals surface area contributed by atoms with Crippen molar-refractivity contribution in [2.24, 2.45) is 5.73 Å². The van der Waals surface area contributed by atoms with Gasteiger partial charge in [-0.3, -0.25) is 4.90 Å². The van der Waals surface area contributed by atoms with Gasteiger partial charge in [-0.25, -0.2) is 4.39 Å². The number of rotatable bonds is 5.